The number of urea groups is 1. The predicted octanol–water partition coefficient (Wildman–Crippen LogP) is -0.437. The number of carbonyl (C=O) groups excluding carboxylic acids is 1. The number of anilines is 1. The van der Waals surface area contributed by atoms with E-state index < -0.39 is 72.4 Å². The van der Waals surface area contributed by atoms with Crippen LogP contribution in [0.4, 0.5) is 10.7 Å². The summed E-state index contributed by atoms with van der Waals surface area (Å²) in [5, 5.41) is 70.9. The Balaban J connectivity index is 0.0000163. The van der Waals surface area contributed by atoms with Gasteiger partial charge in [-0.2, -0.15) is 9.97 Å². The normalized spacial score (nSPS) is 16.3. The standard InChI is InChI=1S/C43H64N10O15.Lu/c1-49(2)42-47-33(8-6-4-3-5-7-31(40(64)65)44-43(68)45-32(41(66)67)13-14-35(54)55)46-34(48-42)22-29-11-9-28(10-12-29)21-30-23-52(26-38(60)61)18-17-50(24-36(56)57)15-16-51(25-37(58)59)19-20-53(30)27-39(62)63;/h9-12,30-32H,3-8,13-27H2,1-2H3,(H,54,55)(H,56,57)(H,58,59)(H,60,61)(H,62,63)(H,64,65)(H,66,67)(H2,44,45,68);/t30?,31-,32-;/m0./s1. The van der Waals surface area contributed by atoms with Crippen molar-refractivity contribution in [2.24, 2.45) is 0 Å². The molecule has 2 amide bonds. The second kappa shape index (κ2) is 31.0. The van der Waals surface area contributed by atoms with Gasteiger partial charge in [0.2, 0.25) is 5.95 Å². The number of hydrogen-bond donors (Lipinski definition) is 9. The third-order valence-electron chi connectivity index (χ3n) is 11.0. The number of aliphatic carboxylic acids is 7. The maximum Gasteiger partial charge on any atom is 0.326 e. The van der Waals surface area contributed by atoms with Gasteiger partial charge in [-0.1, -0.05) is 43.5 Å². The van der Waals surface area contributed by atoms with Crippen molar-refractivity contribution in [1.82, 2.24) is 45.2 Å². The summed E-state index contributed by atoms with van der Waals surface area (Å²) in [7, 11) is 3.60. The summed E-state index contributed by atoms with van der Waals surface area (Å²) >= 11 is 0. The third kappa shape index (κ3) is 24.2. The minimum Gasteiger partial charge on any atom is -0.481 e. The molecular weight excluding hydrogens is 1070 g/mol. The second-order valence-electron chi connectivity index (χ2n) is 16.8. The number of nitrogens with zero attached hydrogens (tertiary/aromatic N) is 8. The molecule has 0 aliphatic carbocycles. The Labute approximate surface area is 428 Å². The molecule has 1 aromatic carbocycles. The predicted molar refractivity (Wildman–Crippen MR) is 241 cm³/mol. The van der Waals surface area contributed by atoms with E-state index in [9.17, 15) is 69.0 Å². The monoisotopic (exact) mass is 1140 g/mol. The molecule has 0 spiro atoms. The van der Waals surface area contributed by atoms with Gasteiger partial charge in [0.15, 0.2) is 0 Å². The van der Waals surface area contributed by atoms with Crippen LogP contribution in [-0.4, -0.2) is 222 Å². The van der Waals surface area contributed by atoms with Gasteiger partial charge in [-0.3, -0.25) is 43.6 Å². The van der Waals surface area contributed by atoms with Gasteiger partial charge in [0.05, 0.1) is 26.2 Å². The van der Waals surface area contributed by atoms with Crippen molar-refractivity contribution in [3.63, 3.8) is 0 Å². The molecule has 0 bridgehead atoms. The van der Waals surface area contributed by atoms with Crippen molar-refractivity contribution in [2.45, 2.75) is 82.3 Å². The number of aryl methyl sites for hydroxylation is 1. The summed E-state index contributed by atoms with van der Waals surface area (Å²) in [4.78, 5) is 116. The Morgan fingerprint density at radius 3 is 1.59 bits per heavy atom. The zero-order valence-corrected chi connectivity index (χ0v) is 40.3. The molecular formula is C43H64LuN10O15. The molecule has 1 radical (unpaired) electrons. The first-order valence-corrected chi connectivity index (χ1v) is 22.2. The molecule has 9 N–H and O–H groups in total. The molecule has 1 aliphatic rings. The molecule has 0 saturated carbocycles. The Morgan fingerprint density at radius 1 is 0.594 bits per heavy atom. The molecule has 69 heavy (non-hydrogen) atoms. The summed E-state index contributed by atoms with van der Waals surface area (Å²) in [5.74, 6) is -6.87. The Morgan fingerprint density at radius 2 is 1.07 bits per heavy atom. The molecule has 1 aromatic heterocycles. The number of benzene rings is 1. The van der Waals surface area contributed by atoms with Crippen molar-refractivity contribution in [1.29, 1.82) is 0 Å². The van der Waals surface area contributed by atoms with E-state index in [2.05, 4.69) is 20.6 Å². The summed E-state index contributed by atoms with van der Waals surface area (Å²) in [6, 6.07) is 3.20. The quantitative estimate of drug-likeness (QED) is 0.0512. The molecule has 1 fully saturated rings. The average Bonchev–Trinajstić information content (AvgIpc) is 3.24. The van der Waals surface area contributed by atoms with Crippen LogP contribution in [0.3, 0.4) is 0 Å². The molecule has 3 rings (SSSR count). The van der Waals surface area contributed by atoms with E-state index >= 15 is 0 Å². The van der Waals surface area contributed by atoms with Crippen LogP contribution in [-0.2, 0) is 52.8 Å². The van der Waals surface area contributed by atoms with Crippen molar-refractivity contribution in [2.75, 3.05) is 91.0 Å². The van der Waals surface area contributed by atoms with E-state index in [-0.39, 0.29) is 122 Å². The first-order chi connectivity index (χ1) is 32.2. The molecule has 1 aliphatic heterocycles. The van der Waals surface area contributed by atoms with Crippen molar-refractivity contribution in [3.8, 4) is 0 Å². The van der Waals surface area contributed by atoms with Gasteiger partial charge >= 0.3 is 47.8 Å². The number of aromatic nitrogens is 3. The largest absolute Gasteiger partial charge is 0.481 e. The number of rotatable bonds is 27. The zero-order valence-electron chi connectivity index (χ0n) is 38.6. The van der Waals surface area contributed by atoms with E-state index in [1.54, 1.807) is 38.6 Å². The minimum absolute atomic E-state index is 0. The molecule has 1 unspecified atom stereocenters. The van der Waals surface area contributed by atoms with E-state index in [1.807, 2.05) is 24.3 Å². The summed E-state index contributed by atoms with van der Waals surface area (Å²) < 4.78 is 0. The van der Waals surface area contributed by atoms with Crippen LogP contribution in [0.2, 0.25) is 0 Å². The second-order valence-corrected chi connectivity index (χ2v) is 16.8. The van der Waals surface area contributed by atoms with Crippen LogP contribution in [0.1, 0.15) is 67.7 Å². The first kappa shape index (κ1) is 59.8. The third-order valence-corrected chi connectivity index (χ3v) is 11.0. The van der Waals surface area contributed by atoms with Gasteiger partial charge in [-0.15, -0.1) is 0 Å². The number of carbonyl (C=O) groups is 8. The van der Waals surface area contributed by atoms with Gasteiger partial charge in [0, 0.05) is 122 Å². The van der Waals surface area contributed by atoms with Crippen molar-refractivity contribution in [3.05, 3.63) is 47.0 Å². The zero-order chi connectivity index (χ0) is 50.3. The maximum atomic E-state index is 12.3. The van der Waals surface area contributed by atoms with E-state index in [1.165, 1.54) is 0 Å². The minimum atomic E-state index is -1.50. The van der Waals surface area contributed by atoms with Gasteiger partial charge in [0.1, 0.15) is 23.7 Å². The summed E-state index contributed by atoms with van der Waals surface area (Å²) in [6.45, 7) is -0.177. The fourth-order valence-electron chi connectivity index (χ4n) is 7.58. The average molecular weight is 1140 g/mol. The Bertz CT molecular complexity index is 2030. The number of carboxylic acids is 7. The van der Waals surface area contributed by atoms with E-state index in [0.29, 0.717) is 62.5 Å². The van der Waals surface area contributed by atoms with Gasteiger partial charge in [0.25, 0.3) is 0 Å². The Hall–Kier alpha value is -5.34. The molecule has 3 atom stereocenters. The number of carboxylic acid groups (broad SMARTS) is 7. The SMILES string of the molecule is CN(C)c1nc(CCCCCC[C@H](NC(=O)N[C@@H](CCC(=O)O)C(=O)O)C(=O)O)nc(Cc2ccc(CC3CN(CC(=O)O)CCN(CC(=O)O)CCN(CC(=O)O)CCN3CC(=O)O)cc2)n1.[Lu]. The van der Waals surface area contributed by atoms with Gasteiger partial charge in [-0.05, 0) is 36.8 Å². The summed E-state index contributed by atoms with van der Waals surface area (Å²) in [5.41, 5.74) is 1.69. The van der Waals surface area contributed by atoms with Crippen LogP contribution in [0.25, 0.3) is 0 Å². The fraction of sp³-hybridized carbons (Fsp3) is 0.605. The Kier molecular flexibility index (Phi) is 26.9. The van der Waals surface area contributed by atoms with Gasteiger partial charge < -0.3 is 51.3 Å². The van der Waals surface area contributed by atoms with E-state index in [0.717, 1.165) is 11.1 Å². The molecule has 2 aromatic rings. The molecule has 391 valence electrons. The topological polar surface area (TPSA) is 357 Å². The maximum absolute atomic E-state index is 12.3. The molecule has 2 heterocycles. The van der Waals surface area contributed by atoms with Crippen LogP contribution in [0.15, 0.2) is 24.3 Å². The van der Waals surface area contributed by atoms with Crippen LogP contribution < -0.4 is 15.5 Å². The van der Waals surface area contributed by atoms with E-state index in [4.69, 9.17) is 10.1 Å². The first-order valence-electron chi connectivity index (χ1n) is 22.2. The van der Waals surface area contributed by atoms with Crippen molar-refractivity contribution < 1.29 is 111 Å². The van der Waals surface area contributed by atoms with Crippen molar-refractivity contribution >= 4 is 53.8 Å². The molecule has 25 nitrogen and oxygen atoms in total. The molecule has 1 saturated heterocycles. The smallest absolute Gasteiger partial charge is 0.326 e. The number of amides is 2. The number of unbranched alkanes of at least 4 members (excludes halogenated alkanes) is 3. The van der Waals surface area contributed by atoms with Gasteiger partial charge in [-0.25, -0.2) is 19.4 Å². The molecule has 26 heteroatoms. The number of hydrogen-bond acceptors (Lipinski definition) is 16. The fourth-order valence-corrected chi connectivity index (χ4v) is 7.58. The summed E-state index contributed by atoms with van der Waals surface area (Å²) in [6.07, 6.45) is 2.71. The van der Waals surface area contributed by atoms with Crippen LogP contribution in [0.5, 0.6) is 0 Å². The van der Waals surface area contributed by atoms with Crippen LogP contribution >= 0.6 is 0 Å². The number of nitrogens with one attached hydrogen (secondary N) is 2. The van der Waals surface area contributed by atoms with Crippen LogP contribution in [0, 0.1) is 36.9 Å².